The van der Waals surface area contributed by atoms with Gasteiger partial charge in [0, 0.05) is 34.9 Å². The van der Waals surface area contributed by atoms with Crippen molar-refractivity contribution in [3.8, 4) is 5.88 Å². The predicted molar refractivity (Wildman–Crippen MR) is 65.2 cm³/mol. The van der Waals surface area contributed by atoms with Gasteiger partial charge in [0.15, 0.2) is 0 Å². The molecule has 0 aliphatic carbocycles. The summed E-state index contributed by atoms with van der Waals surface area (Å²) in [6.07, 6.45) is 3.14. The summed E-state index contributed by atoms with van der Waals surface area (Å²) < 4.78 is 16.4. The Hall–Kier alpha value is -1.17. The van der Waals surface area contributed by atoms with Crippen LogP contribution in [0.25, 0.3) is 0 Å². The van der Waals surface area contributed by atoms with Crippen molar-refractivity contribution < 1.29 is 8.95 Å². The fraction of sp³-hybridized carbons (Fsp3) is 0.600. The van der Waals surface area contributed by atoms with Gasteiger partial charge in [-0.05, 0) is 13.8 Å². The maximum atomic E-state index is 11.1. The van der Waals surface area contributed by atoms with Gasteiger partial charge in [0.25, 0.3) is 0 Å². The topological polar surface area (TPSA) is 64.1 Å². The molecular weight excluding hydrogens is 226 g/mol. The highest BCUT2D eigenvalue weighted by Crippen LogP contribution is 2.10. The molecule has 1 rings (SSSR count). The number of aromatic nitrogens is 2. The van der Waals surface area contributed by atoms with Crippen molar-refractivity contribution in [2.75, 3.05) is 24.7 Å². The molecule has 0 fully saturated rings. The molecule has 1 heterocycles. The minimum absolute atomic E-state index is 0.0884. The second-order valence-corrected chi connectivity index (χ2v) is 5.17. The number of ether oxygens (including phenoxy) is 1. The molecule has 0 aliphatic heterocycles. The van der Waals surface area contributed by atoms with Gasteiger partial charge in [0.05, 0.1) is 6.61 Å². The fourth-order valence-corrected chi connectivity index (χ4v) is 1.35. The van der Waals surface area contributed by atoms with E-state index in [0.717, 1.165) is 0 Å². The van der Waals surface area contributed by atoms with Crippen LogP contribution in [-0.4, -0.2) is 38.8 Å². The molecule has 1 aromatic rings. The summed E-state index contributed by atoms with van der Waals surface area (Å²) in [6, 6.07) is 1.73. The number of nitrogens with zero attached hydrogens (tertiary/aromatic N) is 2. The number of hydrogen-bond acceptors (Lipinski definition) is 5. The van der Waals surface area contributed by atoms with Crippen LogP contribution in [0.4, 0.5) is 5.82 Å². The lowest BCUT2D eigenvalue weighted by Gasteiger charge is -2.10. The normalized spacial score (nSPS) is 14.2. The highest BCUT2D eigenvalue weighted by atomic mass is 32.2. The van der Waals surface area contributed by atoms with E-state index in [4.69, 9.17) is 4.74 Å². The van der Waals surface area contributed by atoms with Crippen molar-refractivity contribution in [1.29, 1.82) is 0 Å². The Balaban J connectivity index is 2.53. The number of nitrogens with one attached hydrogen (secondary N) is 1. The largest absolute Gasteiger partial charge is 0.478 e. The lowest BCUT2D eigenvalue weighted by atomic mass is 10.4. The summed E-state index contributed by atoms with van der Waals surface area (Å²) in [5.74, 6) is 1.24. The third-order valence-electron chi connectivity index (χ3n) is 2.07. The molecular formula is C10H17N3O2S. The van der Waals surface area contributed by atoms with Gasteiger partial charge in [-0.2, -0.15) is 0 Å². The zero-order valence-corrected chi connectivity index (χ0v) is 10.6. The number of rotatable bonds is 6. The van der Waals surface area contributed by atoms with Gasteiger partial charge in [-0.1, -0.05) is 0 Å². The molecule has 90 valence electrons. The molecule has 0 saturated heterocycles. The van der Waals surface area contributed by atoms with Crippen LogP contribution in [0.5, 0.6) is 5.88 Å². The van der Waals surface area contributed by atoms with Gasteiger partial charge >= 0.3 is 0 Å². The van der Waals surface area contributed by atoms with E-state index in [0.29, 0.717) is 24.8 Å². The Labute approximate surface area is 98.1 Å². The van der Waals surface area contributed by atoms with Gasteiger partial charge in [-0.25, -0.2) is 9.97 Å². The molecule has 2 atom stereocenters. The standard InChI is InChI=1S/C10H17N3O2S/c1-4-15-10-5-9(12-7-13-10)11-6-8(2)16(3)14/h5,7-8H,4,6H2,1-3H3,(H,11,12,13). The van der Waals surface area contributed by atoms with E-state index in [1.54, 1.807) is 12.3 Å². The number of anilines is 1. The van der Waals surface area contributed by atoms with Crippen molar-refractivity contribution in [2.45, 2.75) is 19.1 Å². The maximum absolute atomic E-state index is 11.1. The summed E-state index contributed by atoms with van der Waals surface area (Å²) in [5, 5.41) is 3.19. The van der Waals surface area contributed by atoms with Gasteiger partial charge < -0.3 is 10.1 Å². The molecule has 0 radical (unpaired) electrons. The first-order valence-corrected chi connectivity index (χ1v) is 6.76. The van der Waals surface area contributed by atoms with E-state index in [1.165, 1.54) is 6.33 Å². The first kappa shape index (κ1) is 12.9. The predicted octanol–water partition coefficient (Wildman–Crippen LogP) is 1.05. The molecule has 1 aromatic heterocycles. The van der Waals surface area contributed by atoms with Crippen LogP contribution in [0.15, 0.2) is 12.4 Å². The first-order chi connectivity index (χ1) is 7.63. The molecule has 0 bridgehead atoms. The molecule has 2 unspecified atom stereocenters. The monoisotopic (exact) mass is 243 g/mol. The summed E-state index contributed by atoms with van der Waals surface area (Å²) in [4.78, 5) is 8.01. The van der Waals surface area contributed by atoms with E-state index >= 15 is 0 Å². The van der Waals surface area contributed by atoms with Crippen molar-refractivity contribution in [2.24, 2.45) is 0 Å². The molecule has 0 aliphatic rings. The minimum Gasteiger partial charge on any atom is -0.478 e. The van der Waals surface area contributed by atoms with Crippen LogP contribution in [0.2, 0.25) is 0 Å². The van der Waals surface area contributed by atoms with Crippen molar-refractivity contribution >= 4 is 16.6 Å². The molecule has 6 heteroatoms. The summed E-state index contributed by atoms with van der Waals surface area (Å²) in [6.45, 7) is 5.02. The minimum atomic E-state index is -0.830. The summed E-state index contributed by atoms with van der Waals surface area (Å²) >= 11 is 0. The maximum Gasteiger partial charge on any atom is 0.218 e. The molecule has 16 heavy (non-hydrogen) atoms. The molecule has 0 saturated carbocycles. The third kappa shape index (κ3) is 4.14. The van der Waals surface area contributed by atoms with Crippen LogP contribution >= 0.6 is 0 Å². The highest BCUT2D eigenvalue weighted by molar-refractivity contribution is 7.84. The van der Waals surface area contributed by atoms with Gasteiger partial charge in [0.2, 0.25) is 5.88 Å². The molecule has 1 N–H and O–H groups in total. The lowest BCUT2D eigenvalue weighted by Crippen LogP contribution is -2.21. The second-order valence-electron chi connectivity index (χ2n) is 3.36. The van der Waals surface area contributed by atoms with Crippen molar-refractivity contribution in [1.82, 2.24) is 9.97 Å². The van der Waals surface area contributed by atoms with Crippen LogP contribution in [-0.2, 0) is 10.8 Å². The van der Waals surface area contributed by atoms with Gasteiger partial charge in [0.1, 0.15) is 12.1 Å². The number of hydrogen-bond donors (Lipinski definition) is 1. The molecule has 0 spiro atoms. The van der Waals surface area contributed by atoms with Crippen molar-refractivity contribution in [3.63, 3.8) is 0 Å². The zero-order valence-electron chi connectivity index (χ0n) is 9.77. The zero-order chi connectivity index (χ0) is 12.0. The smallest absolute Gasteiger partial charge is 0.218 e. The summed E-state index contributed by atoms with van der Waals surface area (Å²) in [7, 11) is -0.830. The average Bonchev–Trinajstić information content (AvgIpc) is 2.26. The van der Waals surface area contributed by atoms with E-state index in [1.807, 2.05) is 13.8 Å². The lowest BCUT2D eigenvalue weighted by molar-refractivity contribution is 0.326. The van der Waals surface area contributed by atoms with Crippen LogP contribution in [0.3, 0.4) is 0 Å². The van der Waals surface area contributed by atoms with Crippen LogP contribution < -0.4 is 10.1 Å². The Kier molecular flexibility index (Phi) is 5.18. The van der Waals surface area contributed by atoms with Crippen LogP contribution in [0.1, 0.15) is 13.8 Å². The quantitative estimate of drug-likeness (QED) is 0.809. The van der Waals surface area contributed by atoms with Crippen LogP contribution in [0, 0.1) is 0 Å². The molecule has 0 amide bonds. The Morgan fingerprint density at radius 3 is 2.94 bits per heavy atom. The summed E-state index contributed by atoms with van der Waals surface area (Å²) in [5.41, 5.74) is 0. The molecule has 5 nitrogen and oxygen atoms in total. The SMILES string of the molecule is CCOc1cc(NCC(C)S(C)=O)ncn1. The molecule has 0 aromatic carbocycles. The van der Waals surface area contributed by atoms with E-state index in [-0.39, 0.29) is 5.25 Å². The third-order valence-corrected chi connectivity index (χ3v) is 3.37. The van der Waals surface area contributed by atoms with Gasteiger partial charge in [-0.3, -0.25) is 4.21 Å². The second kappa shape index (κ2) is 6.42. The Morgan fingerprint density at radius 1 is 1.56 bits per heavy atom. The van der Waals surface area contributed by atoms with Gasteiger partial charge in [-0.15, -0.1) is 0 Å². The Bertz CT molecular complexity index is 360. The average molecular weight is 243 g/mol. The fourth-order valence-electron chi connectivity index (χ4n) is 1.03. The van der Waals surface area contributed by atoms with Crippen molar-refractivity contribution in [3.05, 3.63) is 12.4 Å². The van der Waals surface area contributed by atoms with E-state index in [2.05, 4.69) is 15.3 Å². The van der Waals surface area contributed by atoms with E-state index < -0.39 is 10.8 Å². The highest BCUT2D eigenvalue weighted by Gasteiger charge is 2.06. The van der Waals surface area contributed by atoms with E-state index in [9.17, 15) is 4.21 Å². The Morgan fingerprint density at radius 2 is 2.31 bits per heavy atom. The first-order valence-electron chi connectivity index (χ1n) is 5.14.